The van der Waals surface area contributed by atoms with Gasteiger partial charge in [0.05, 0.1) is 6.04 Å². The van der Waals surface area contributed by atoms with E-state index in [-0.39, 0.29) is 5.56 Å². The molecule has 0 spiro atoms. The molecule has 2 aromatic carbocycles. The molecular weight excluding hydrogens is 260 g/mol. The summed E-state index contributed by atoms with van der Waals surface area (Å²) in [6.07, 6.45) is 0. The van der Waals surface area contributed by atoms with Gasteiger partial charge in [-0.1, -0.05) is 36.4 Å². The summed E-state index contributed by atoms with van der Waals surface area (Å²) in [7, 11) is 0. The van der Waals surface area contributed by atoms with E-state index in [9.17, 15) is 13.9 Å². The molecular formula is C16H15F2NO. The Balaban J connectivity index is 2.07. The fraction of sp³-hybridized carbons (Fsp3) is 0.250. The van der Waals surface area contributed by atoms with Gasteiger partial charge in [0.2, 0.25) is 0 Å². The van der Waals surface area contributed by atoms with Gasteiger partial charge in [-0.05, 0) is 24.1 Å². The van der Waals surface area contributed by atoms with E-state index in [1.807, 2.05) is 24.3 Å². The van der Waals surface area contributed by atoms with Crippen LogP contribution in [-0.2, 0) is 12.1 Å². The number of hydrogen-bond acceptors (Lipinski definition) is 2. The summed E-state index contributed by atoms with van der Waals surface area (Å²) in [4.78, 5) is 0. The lowest BCUT2D eigenvalue weighted by Crippen LogP contribution is -2.36. The maximum atomic E-state index is 14.0. The van der Waals surface area contributed by atoms with Crippen molar-refractivity contribution in [3.63, 3.8) is 0 Å². The maximum Gasteiger partial charge on any atom is 0.164 e. The van der Waals surface area contributed by atoms with Gasteiger partial charge in [0.15, 0.2) is 11.6 Å². The van der Waals surface area contributed by atoms with Crippen molar-refractivity contribution >= 4 is 0 Å². The van der Waals surface area contributed by atoms with E-state index in [1.54, 1.807) is 0 Å². The van der Waals surface area contributed by atoms with Crippen LogP contribution < -0.4 is 5.32 Å². The molecule has 0 saturated carbocycles. The zero-order valence-electron chi connectivity index (χ0n) is 11.0. The van der Waals surface area contributed by atoms with Crippen LogP contribution >= 0.6 is 0 Å². The third kappa shape index (κ3) is 1.92. The molecule has 104 valence electrons. The molecule has 2 nitrogen and oxygen atoms in total. The second-order valence-corrected chi connectivity index (χ2v) is 5.26. The van der Waals surface area contributed by atoms with Crippen molar-refractivity contribution < 1.29 is 13.9 Å². The van der Waals surface area contributed by atoms with Crippen LogP contribution in [0.25, 0.3) is 0 Å². The first kappa shape index (κ1) is 13.2. The highest BCUT2D eigenvalue weighted by Gasteiger charge is 2.40. The Bertz CT molecular complexity index is 655. The molecule has 1 aliphatic rings. The summed E-state index contributed by atoms with van der Waals surface area (Å²) in [5, 5.41) is 13.9. The molecule has 0 amide bonds. The Morgan fingerprint density at radius 1 is 1.15 bits per heavy atom. The molecule has 0 saturated heterocycles. The van der Waals surface area contributed by atoms with E-state index in [0.29, 0.717) is 6.54 Å². The largest absolute Gasteiger partial charge is 0.383 e. The van der Waals surface area contributed by atoms with Crippen LogP contribution in [0.15, 0.2) is 42.5 Å². The smallest absolute Gasteiger partial charge is 0.164 e. The van der Waals surface area contributed by atoms with Crippen LogP contribution in [0.2, 0.25) is 0 Å². The summed E-state index contributed by atoms with van der Waals surface area (Å²) in [5.74, 6) is -1.95. The molecule has 0 fully saturated rings. The van der Waals surface area contributed by atoms with Gasteiger partial charge in [-0.25, -0.2) is 8.78 Å². The molecule has 3 rings (SSSR count). The molecule has 1 heterocycles. The van der Waals surface area contributed by atoms with Crippen LogP contribution in [0.3, 0.4) is 0 Å². The Morgan fingerprint density at radius 2 is 1.90 bits per heavy atom. The third-order valence-corrected chi connectivity index (χ3v) is 3.92. The Labute approximate surface area is 116 Å². The minimum absolute atomic E-state index is 0.0355. The first-order valence-corrected chi connectivity index (χ1v) is 6.50. The van der Waals surface area contributed by atoms with Crippen molar-refractivity contribution in [3.8, 4) is 0 Å². The fourth-order valence-corrected chi connectivity index (χ4v) is 2.85. The minimum Gasteiger partial charge on any atom is -0.383 e. The van der Waals surface area contributed by atoms with E-state index in [4.69, 9.17) is 0 Å². The first-order valence-electron chi connectivity index (χ1n) is 6.50. The van der Waals surface area contributed by atoms with Crippen molar-refractivity contribution in [1.29, 1.82) is 0 Å². The predicted octanol–water partition coefficient (Wildman–Crippen LogP) is 3.02. The van der Waals surface area contributed by atoms with Crippen molar-refractivity contribution in [2.45, 2.75) is 25.1 Å². The number of nitrogens with one attached hydrogen (secondary N) is 1. The highest BCUT2D eigenvalue weighted by Crippen LogP contribution is 2.40. The zero-order valence-corrected chi connectivity index (χ0v) is 11.0. The topological polar surface area (TPSA) is 32.3 Å². The van der Waals surface area contributed by atoms with Gasteiger partial charge in [-0.2, -0.15) is 0 Å². The van der Waals surface area contributed by atoms with Crippen molar-refractivity contribution in [1.82, 2.24) is 5.32 Å². The van der Waals surface area contributed by atoms with Crippen molar-refractivity contribution in [2.75, 3.05) is 0 Å². The molecule has 2 atom stereocenters. The second kappa shape index (κ2) is 4.65. The highest BCUT2D eigenvalue weighted by molar-refractivity contribution is 5.39. The molecule has 0 aromatic heterocycles. The lowest BCUT2D eigenvalue weighted by Gasteiger charge is -2.31. The van der Waals surface area contributed by atoms with E-state index in [1.165, 1.54) is 19.1 Å². The normalized spacial score (nSPS) is 20.5. The van der Waals surface area contributed by atoms with Gasteiger partial charge in [0.25, 0.3) is 0 Å². The minimum atomic E-state index is -1.53. The molecule has 0 aliphatic carbocycles. The molecule has 2 unspecified atom stereocenters. The Kier molecular flexibility index (Phi) is 3.07. The van der Waals surface area contributed by atoms with Crippen LogP contribution in [0, 0.1) is 11.6 Å². The van der Waals surface area contributed by atoms with Gasteiger partial charge in [0.1, 0.15) is 5.60 Å². The van der Waals surface area contributed by atoms with E-state index in [2.05, 4.69) is 5.32 Å². The van der Waals surface area contributed by atoms with Crippen LogP contribution in [0.4, 0.5) is 8.78 Å². The molecule has 2 N–H and O–H groups in total. The lowest BCUT2D eigenvalue weighted by molar-refractivity contribution is 0.0138. The van der Waals surface area contributed by atoms with Crippen molar-refractivity contribution in [2.24, 2.45) is 0 Å². The van der Waals surface area contributed by atoms with Gasteiger partial charge < -0.3 is 10.4 Å². The number of rotatable bonds is 2. The number of benzene rings is 2. The standard InChI is InChI=1S/C16H15F2NO/c1-16(20,12-7-4-8-13(17)14(12)18)15-11-6-3-2-5-10(11)9-19-15/h2-8,15,19-20H,9H2,1H3. The van der Waals surface area contributed by atoms with Gasteiger partial charge >= 0.3 is 0 Å². The predicted molar refractivity (Wildman–Crippen MR) is 72.0 cm³/mol. The zero-order chi connectivity index (χ0) is 14.3. The average Bonchev–Trinajstić information content (AvgIpc) is 2.86. The molecule has 4 heteroatoms. The van der Waals surface area contributed by atoms with Gasteiger partial charge in [-0.3, -0.25) is 0 Å². The van der Waals surface area contributed by atoms with E-state index < -0.39 is 23.3 Å². The highest BCUT2D eigenvalue weighted by atomic mass is 19.2. The Morgan fingerprint density at radius 3 is 2.70 bits per heavy atom. The number of hydrogen-bond donors (Lipinski definition) is 2. The summed E-state index contributed by atoms with van der Waals surface area (Å²) in [6.45, 7) is 2.11. The lowest BCUT2D eigenvalue weighted by atomic mass is 9.84. The average molecular weight is 275 g/mol. The summed E-state index contributed by atoms with van der Waals surface area (Å²) in [6, 6.07) is 11.0. The third-order valence-electron chi connectivity index (χ3n) is 3.92. The van der Waals surface area contributed by atoms with E-state index >= 15 is 0 Å². The SMILES string of the molecule is CC(O)(c1cccc(F)c1F)C1NCc2ccccc21. The van der Waals surface area contributed by atoms with Crippen molar-refractivity contribution in [3.05, 3.63) is 70.8 Å². The van der Waals surface area contributed by atoms with Crippen LogP contribution in [-0.4, -0.2) is 5.11 Å². The summed E-state index contributed by atoms with van der Waals surface area (Å²) < 4.78 is 27.3. The monoisotopic (exact) mass is 275 g/mol. The Hall–Kier alpha value is -1.78. The molecule has 0 bridgehead atoms. The molecule has 20 heavy (non-hydrogen) atoms. The fourth-order valence-electron chi connectivity index (χ4n) is 2.85. The first-order chi connectivity index (χ1) is 9.51. The quantitative estimate of drug-likeness (QED) is 0.883. The van der Waals surface area contributed by atoms with E-state index in [0.717, 1.165) is 17.2 Å². The molecule has 2 aromatic rings. The van der Waals surface area contributed by atoms with Crippen LogP contribution in [0.1, 0.15) is 29.7 Å². The summed E-state index contributed by atoms with van der Waals surface area (Å²) >= 11 is 0. The number of fused-ring (bicyclic) bond motifs is 1. The molecule has 1 aliphatic heterocycles. The summed E-state index contributed by atoms with van der Waals surface area (Å²) in [5.41, 5.74) is 0.418. The maximum absolute atomic E-state index is 14.0. The number of aliphatic hydroxyl groups is 1. The number of halogens is 2. The van der Waals surface area contributed by atoms with Gasteiger partial charge in [0, 0.05) is 12.1 Å². The molecule has 0 radical (unpaired) electrons. The van der Waals surface area contributed by atoms with Crippen LogP contribution in [0.5, 0.6) is 0 Å². The second-order valence-electron chi connectivity index (χ2n) is 5.26. The van der Waals surface area contributed by atoms with Gasteiger partial charge in [-0.15, -0.1) is 0 Å².